The van der Waals surface area contributed by atoms with Crippen molar-refractivity contribution in [1.82, 2.24) is 0 Å². The number of hydrogen-bond donors (Lipinski definition) is 0. The Kier molecular flexibility index (Phi) is 4.05. The first-order chi connectivity index (χ1) is 6.97. The number of hydrogen-bond acceptors (Lipinski definition) is 3. The van der Waals surface area contributed by atoms with Crippen molar-refractivity contribution in [2.45, 2.75) is 51.9 Å². The van der Waals surface area contributed by atoms with E-state index in [0.717, 1.165) is 12.8 Å². The molecule has 0 aromatic rings. The molecule has 1 saturated heterocycles. The predicted octanol–water partition coefficient (Wildman–Crippen LogP) is 2.45. The quantitative estimate of drug-likeness (QED) is 0.657. The van der Waals surface area contributed by atoms with Crippen molar-refractivity contribution in [3.8, 4) is 0 Å². The van der Waals surface area contributed by atoms with Crippen LogP contribution in [0, 0.1) is 0 Å². The fourth-order valence-corrected chi connectivity index (χ4v) is 1.52. The van der Waals surface area contributed by atoms with Gasteiger partial charge >= 0.3 is 0 Å². The summed E-state index contributed by atoms with van der Waals surface area (Å²) in [6.45, 7) is 9.92. The van der Waals surface area contributed by atoms with E-state index in [1.165, 1.54) is 0 Å². The van der Waals surface area contributed by atoms with Crippen molar-refractivity contribution in [2.24, 2.45) is 0 Å². The molecule has 3 nitrogen and oxygen atoms in total. The standard InChI is InChI=1S/C12H20O3/c1-5-12(4)14-8-10(15-12)6-7-11(13)9(2)3/h10H,2,5-8H2,1,3-4H3. The lowest BCUT2D eigenvalue weighted by Gasteiger charge is -2.20. The molecule has 2 unspecified atom stereocenters. The van der Waals surface area contributed by atoms with E-state index in [4.69, 9.17) is 9.47 Å². The van der Waals surface area contributed by atoms with Crippen LogP contribution in [-0.2, 0) is 14.3 Å². The average Bonchev–Trinajstić information content (AvgIpc) is 2.57. The second-order valence-corrected chi connectivity index (χ2v) is 4.28. The topological polar surface area (TPSA) is 35.5 Å². The molecule has 3 heteroatoms. The molecule has 15 heavy (non-hydrogen) atoms. The van der Waals surface area contributed by atoms with Crippen LogP contribution < -0.4 is 0 Å². The van der Waals surface area contributed by atoms with Crippen LogP contribution in [0.3, 0.4) is 0 Å². The molecule has 1 fully saturated rings. The fraction of sp³-hybridized carbons (Fsp3) is 0.750. The maximum absolute atomic E-state index is 11.3. The van der Waals surface area contributed by atoms with Crippen molar-refractivity contribution < 1.29 is 14.3 Å². The minimum atomic E-state index is -0.447. The maximum Gasteiger partial charge on any atom is 0.165 e. The van der Waals surface area contributed by atoms with E-state index < -0.39 is 5.79 Å². The molecule has 86 valence electrons. The third-order valence-electron chi connectivity index (χ3n) is 2.80. The molecule has 1 heterocycles. The largest absolute Gasteiger partial charge is 0.348 e. The van der Waals surface area contributed by atoms with Gasteiger partial charge in [-0.25, -0.2) is 0 Å². The van der Waals surface area contributed by atoms with Crippen LogP contribution >= 0.6 is 0 Å². The van der Waals surface area contributed by atoms with E-state index in [1.807, 2.05) is 13.8 Å². The van der Waals surface area contributed by atoms with Gasteiger partial charge in [-0.15, -0.1) is 0 Å². The van der Waals surface area contributed by atoms with Crippen LogP contribution in [0.25, 0.3) is 0 Å². The first-order valence-corrected chi connectivity index (χ1v) is 5.47. The summed E-state index contributed by atoms with van der Waals surface area (Å²) in [4.78, 5) is 11.3. The molecule has 0 N–H and O–H groups in total. The van der Waals surface area contributed by atoms with Gasteiger partial charge in [-0.3, -0.25) is 4.79 Å². The second-order valence-electron chi connectivity index (χ2n) is 4.28. The number of Topliss-reactive ketones (excluding diaryl/α,β-unsaturated/α-hetero) is 1. The lowest BCUT2D eigenvalue weighted by molar-refractivity contribution is -0.156. The maximum atomic E-state index is 11.3. The highest BCUT2D eigenvalue weighted by atomic mass is 16.7. The van der Waals surface area contributed by atoms with Crippen LogP contribution in [0.1, 0.15) is 40.0 Å². The average molecular weight is 212 g/mol. The van der Waals surface area contributed by atoms with Crippen molar-refractivity contribution in [2.75, 3.05) is 6.61 Å². The van der Waals surface area contributed by atoms with Crippen molar-refractivity contribution >= 4 is 5.78 Å². The fourth-order valence-electron chi connectivity index (χ4n) is 1.52. The smallest absolute Gasteiger partial charge is 0.165 e. The molecular weight excluding hydrogens is 192 g/mol. The Morgan fingerprint density at radius 1 is 1.60 bits per heavy atom. The van der Waals surface area contributed by atoms with Gasteiger partial charge in [0.2, 0.25) is 0 Å². The lowest BCUT2D eigenvalue weighted by atomic mass is 10.1. The highest BCUT2D eigenvalue weighted by molar-refractivity contribution is 5.94. The Balaban J connectivity index is 2.31. The number of carbonyl (C=O) groups excluding carboxylic acids is 1. The third-order valence-corrected chi connectivity index (χ3v) is 2.80. The van der Waals surface area contributed by atoms with Gasteiger partial charge in [0, 0.05) is 6.42 Å². The van der Waals surface area contributed by atoms with Crippen LogP contribution in [0.15, 0.2) is 12.2 Å². The number of carbonyl (C=O) groups is 1. The zero-order valence-electron chi connectivity index (χ0n) is 9.84. The van der Waals surface area contributed by atoms with Crippen molar-refractivity contribution in [1.29, 1.82) is 0 Å². The summed E-state index contributed by atoms with van der Waals surface area (Å²) < 4.78 is 11.3. The SMILES string of the molecule is C=C(C)C(=O)CCC1COC(C)(CC)O1. The number of allylic oxidation sites excluding steroid dienone is 1. The van der Waals surface area contributed by atoms with Gasteiger partial charge < -0.3 is 9.47 Å². The Hall–Kier alpha value is -0.670. The molecule has 0 aromatic heterocycles. The molecule has 0 spiro atoms. The van der Waals surface area contributed by atoms with E-state index >= 15 is 0 Å². The Morgan fingerprint density at radius 3 is 2.73 bits per heavy atom. The minimum absolute atomic E-state index is 0.0539. The molecule has 0 aromatic carbocycles. The van der Waals surface area contributed by atoms with Gasteiger partial charge in [0.15, 0.2) is 11.6 Å². The van der Waals surface area contributed by atoms with Gasteiger partial charge in [0.1, 0.15) is 0 Å². The van der Waals surface area contributed by atoms with Crippen molar-refractivity contribution in [3.05, 3.63) is 12.2 Å². The molecule has 0 bridgehead atoms. The highest BCUT2D eigenvalue weighted by Crippen LogP contribution is 2.28. The summed E-state index contributed by atoms with van der Waals surface area (Å²) >= 11 is 0. The van der Waals surface area contributed by atoms with Crippen LogP contribution in [0.2, 0.25) is 0 Å². The molecule has 1 aliphatic heterocycles. The molecule has 0 aliphatic carbocycles. The van der Waals surface area contributed by atoms with Gasteiger partial charge in [0.25, 0.3) is 0 Å². The first kappa shape index (κ1) is 12.4. The third kappa shape index (κ3) is 3.43. The summed E-state index contributed by atoms with van der Waals surface area (Å²) in [5.41, 5.74) is 0.618. The Bertz CT molecular complexity index is 260. The predicted molar refractivity (Wildman–Crippen MR) is 58.6 cm³/mol. The van der Waals surface area contributed by atoms with Gasteiger partial charge in [-0.05, 0) is 32.3 Å². The van der Waals surface area contributed by atoms with Gasteiger partial charge in [-0.2, -0.15) is 0 Å². The summed E-state index contributed by atoms with van der Waals surface area (Å²) in [7, 11) is 0. The first-order valence-electron chi connectivity index (χ1n) is 5.47. The molecule has 0 radical (unpaired) electrons. The Morgan fingerprint density at radius 2 is 2.27 bits per heavy atom. The molecule has 1 rings (SSSR count). The normalized spacial score (nSPS) is 30.5. The second kappa shape index (κ2) is 4.90. The lowest BCUT2D eigenvalue weighted by Crippen LogP contribution is -2.25. The van der Waals surface area contributed by atoms with Crippen LogP contribution in [-0.4, -0.2) is 24.3 Å². The molecule has 0 amide bonds. The van der Waals surface area contributed by atoms with E-state index in [2.05, 4.69) is 6.58 Å². The monoisotopic (exact) mass is 212 g/mol. The minimum Gasteiger partial charge on any atom is -0.348 e. The molecule has 2 atom stereocenters. The number of ketones is 1. The summed E-state index contributed by atoms with van der Waals surface area (Å²) in [6.07, 6.45) is 2.11. The number of rotatable bonds is 5. The van der Waals surface area contributed by atoms with Crippen LogP contribution in [0.5, 0.6) is 0 Å². The van der Waals surface area contributed by atoms with E-state index in [9.17, 15) is 4.79 Å². The van der Waals surface area contributed by atoms with E-state index in [0.29, 0.717) is 18.6 Å². The van der Waals surface area contributed by atoms with Crippen molar-refractivity contribution in [3.63, 3.8) is 0 Å². The van der Waals surface area contributed by atoms with E-state index in [1.54, 1.807) is 6.92 Å². The zero-order valence-corrected chi connectivity index (χ0v) is 9.84. The summed E-state index contributed by atoms with van der Waals surface area (Å²) in [6, 6.07) is 0. The summed E-state index contributed by atoms with van der Waals surface area (Å²) in [5, 5.41) is 0. The Labute approximate surface area is 91.4 Å². The zero-order chi connectivity index (χ0) is 11.5. The van der Waals surface area contributed by atoms with Crippen LogP contribution in [0.4, 0.5) is 0 Å². The number of ether oxygens (including phenoxy) is 2. The van der Waals surface area contributed by atoms with Gasteiger partial charge in [-0.1, -0.05) is 13.5 Å². The molecule has 0 saturated carbocycles. The summed E-state index contributed by atoms with van der Waals surface area (Å²) in [5.74, 6) is -0.333. The molecule has 1 aliphatic rings. The highest BCUT2D eigenvalue weighted by Gasteiger charge is 2.35. The van der Waals surface area contributed by atoms with Gasteiger partial charge in [0.05, 0.1) is 12.7 Å². The van der Waals surface area contributed by atoms with E-state index in [-0.39, 0.29) is 11.9 Å². The molecular formula is C12H20O3.